The van der Waals surface area contributed by atoms with Gasteiger partial charge in [-0.1, -0.05) is 18.6 Å². The summed E-state index contributed by atoms with van der Waals surface area (Å²) in [4.78, 5) is 14.5. The smallest absolute Gasteiger partial charge is 0.222 e. The topological polar surface area (TPSA) is 55.6 Å². The van der Waals surface area contributed by atoms with Gasteiger partial charge in [0.25, 0.3) is 0 Å². The van der Waals surface area contributed by atoms with Gasteiger partial charge in [-0.2, -0.15) is 0 Å². The normalized spacial score (nSPS) is 25.6. The van der Waals surface area contributed by atoms with E-state index in [1.165, 1.54) is 12.0 Å². The van der Waals surface area contributed by atoms with Gasteiger partial charge in [0, 0.05) is 25.6 Å². The van der Waals surface area contributed by atoms with Crippen LogP contribution in [0.1, 0.15) is 50.0 Å². The molecule has 2 aliphatic rings. The third kappa shape index (κ3) is 3.86. The van der Waals surface area contributed by atoms with Gasteiger partial charge in [0.15, 0.2) is 0 Å². The molecule has 1 aliphatic carbocycles. The maximum atomic E-state index is 12.5. The van der Waals surface area contributed by atoms with Gasteiger partial charge in [0.1, 0.15) is 5.75 Å². The van der Waals surface area contributed by atoms with Crippen LogP contribution in [0.3, 0.4) is 0 Å². The van der Waals surface area contributed by atoms with E-state index < -0.39 is 0 Å². The number of methoxy groups -OCH3 is 1. The molecule has 2 N–H and O–H groups in total. The second kappa shape index (κ2) is 7.35. The van der Waals surface area contributed by atoms with Crippen molar-refractivity contribution in [1.29, 1.82) is 0 Å². The number of nitrogens with zero attached hydrogens (tertiary/aromatic N) is 1. The lowest BCUT2D eigenvalue weighted by molar-refractivity contribution is -0.133. The van der Waals surface area contributed by atoms with Crippen molar-refractivity contribution in [3.8, 4) is 5.75 Å². The van der Waals surface area contributed by atoms with Gasteiger partial charge in [-0.3, -0.25) is 4.79 Å². The number of amides is 1. The van der Waals surface area contributed by atoms with E-state index in [-0.39, 0.29) is 6.04 Å². The highest BCUT2D eigenvalue weighted by molar-refractivity contribution is 5.76. The molecule has 1 aliphatic heterocycles. The highest BCUT2D eigenvalue weighted by Gasteiger charge is 2.29. The molecule has 1 saturated carbocycles. The van der Waals surface area contributed by atoms with Crippen molar-refractivity contribution in [2.75, 3.05) is 20.2 Å². The summed E-state index contributed by atoms with van der Waals surface area (Å²) < 4.78 is 5.21. The van der Waals surface area contributed by atoms with E-state index in [4.69, 9.17) is 10.5 Å². The molecule has 0 unspecified atom stereocenters. The van der Waals surface area contributed by atoms with Crippen molar-refractivity contribution < 1.29 is 9.53 Å². The van der Waals surface area contributed by atoms with Crippen molar-refractivity contribution in [2.45, 2.75) is 50.5 Å². The van der Waals surface area contributed by atoms with E-state index in [1.807, 2.05) is 17.0 Å². The molecule has 0 spiro atoms. The van der Waals surface area contributed by atoms with Gasteiger partial charge in [0.05, 0.1) is 7.11 Å². The number of piperidine rings is 1. The van der Waals surface area contributed by atoms with Gasteiger partial charge >= 0.3 is 0 Å². The zero-order chi connectivity index (χ0) is 16.2. The number of carbonyl (C=O) groups is 1. The second-order valence-electron chi connectivity index (χ2n) is 6.99. The monoisotopic (exact) mass is 316 g/mol. The minimum absolute atomic E-state index is 0.232. The Hall–Kier alpha value is -1.55. The number of likely N-dealkylation sites (tertiary alicyclic amines) is 1. The molecular formula is C19H28N2O2. The number of hydrogen-bond acceptors (Lipinski definition) is 3. The van der Waals surface area contributed by atoms with Crippen LogP contribution in [0.4, 0.5) is 0 Å². The Bertz CT molecular complexity index is 521. The van der Waals surface area contributed by atoms with Gasteiger partial charge in [-0.15, -0.1) is 0 Å². The number of nitrogens with two attached hydrogens (primary N) is 1. The number of ether oxygens (including phenoxy) is 1. The summed E-state index contributed by atoms with van der Waals surface area (Å²) >= 11 is 0. The van der Waals surface area contributed by atoms with E-state index in [0.717, 1.165) is 44.5 Å². The fraction of sp³-hybridized carbons (Fsp3) is 0.632. The summed E-state index contributed by atoms with van der Waals surface area (Å²) in [5.41, 5.74) is 7.45. The lowest BCUT2D eigenvalue weighted by Gasteiger charge is -2.33. The molecule has 2 atom stereocenters. The Morgan fingerprint density at radius 2 is 1.87 bits per heavy atom. The van der Waals surface area contributed by atoms with Crippen molar-refractivity contribution in [3.05, 3.63) is 29.8 Å². The maximum Gasteiger partial charge on any atom is 0.222 e. The Balaban J connectivity index is 1.50. The first kappa shape index (κ1) is 16.3. The molecular weight excluding hydrogens is 288 g/mol. The molecule has 126 valence electrons. The minimum Gasteiger partial charge on any atom is -0.497 e. The molecule has 4 nitrogen and oxygen atoms in total. The first-order valence-electron chi connectivity index (χ1n) is 8.84. The molecule has 1 aromatic carbocycles. The lowest BCUT2D eigenvalue weighted by atomic mass is 9.89. The van der Waals surface area contributed by atoms with Crippen LogP contribution in [0.15, 0.2) is 24.3 Å². The molecule has 2 fully saturated rings. The Morgan fingerprint density at radius 1 is 1.17 bits per heavy atom. The third-order valence-corrected chi connectivity index (χ3v) is 5.59. The zero-order valence-electron chi connectivity index (χ0n) is 14.0. The van der Waals surface area contributed by atoms with Gasteiger partial charge in [0.2, 0.25) is 5.91 Å². The van der Waals surface area contributed by atoms with Crippen LogP contribution in [0.5, 0.6) is 5.75 Å². The van der Waals surface area contributed by atoms with Gasteiger partial charge in [-0.05, 0) is 55.2 Å². The molecule has 3 rings (SSSR count). The third-order valence-electron chi connectivity index (χ3n) is 5.59. The molecule has 1 aromatic rings. The van der Waals surface area contributed by atoms with E-state index in [2.05, 4.69) is 12.1 Å². The quantitative estimate of drug-likeness (QED) is 0.929. The average molecular weight is 316 g/mol. The molecule has 0 bridgehead atoms. The molecule has 1 heterocycles. The van der Waals surface area contributed by atoms with Crippen molar-refractivity contribution in [3.63, 3.8) is 0 Å². The van der Waals surface area contributed by atoms with Crippen LogP contribution < -0.4 is 10.5 Å². The molecule has 1 amide bonds. The molecule has 1 saturated heterocycles. The summed E-state index contributed by atoms with van der Waals surface area (Å²) in [5, 5.41) is 0. The zero-order valence-corrected chi connectivity index (χ0v) is 14.0. The van der Waals surface area contributed by atoms with Crippen LogP contribution in [0.2, 0.25) is 0 Å². The van der Waals surface area contributed by atoms with Crippen molar-refractivity contribution in [1.82, 2.24) is 4.90 Å². The summed E-state index contributed by atoms with van der Waals surface area (Å²) in [7, 11) is 1.69. The summed E-state index contributed by atoms with van der Waals surface area (Å²) in [6.07, 6.45) is 6.13. The number of benzene rings is 1. The molecule has 0 radical (unpaired) electrons. The molecule has 0 aromatic heterocycles. The lowest BCUT2D eigenvalue weighted by Crippen LogP contribution is -2.40. The van der Waals surface area contributed by atoms with E-state index in [9.17, 15) is 4.79 Å². The fourth-order valence-corrected chi connectivity index (χ4v) is 4.01. The second-order valence-corrected chi connectivity index (χ2v) is 6.99. The predicted octanol–water partition coefficient (Wildman–Crippen LogP) is 2.92. The molecule has 23 heavy (non-hydrogen) atoms. The Morgan fingerprint density at radius 3 is 2.43 bits per heavy atom. The SMILES string of the molecule is COc1ccc(C2CCN(C(=O)C[C@@H]3CCC[C@H]3N)CC2)cc1. The summed E-state index contributed by atoms with van der Waals surface area (Å²) in [6, 6.07) is 8.58. The van der Waals surface area contributed by atoms with E-state index >= 15 is 0 Å². The number of rotatable bonds is 4. The van der Waals surface area contributed by atoms with Gasteiger partial charge in [-0.25, -0.2) is 0 Å². The van der Waals surface area contributed by atoms with E-state index in [0.29, 0.717) is 24.2 Å². The molecule has 4 heteroatoms. The predicted molar refractivity (Wildman–Crippen MR) is 91.5 cm³/mol. The first-order valence-corrected chi connectivity index (χ1v) is 8.84. The summed E-state index contributed by atoms with van der Waals surface area (Å²) in [5.74, 6) is 2.16. The van der Waals surface area contributed by atoms with Crippen LogP contribution in [-0.2, 0) is 4.79 Å². The highest BCUT2D eigenvalue weighted by atomic mass is 16.5. The summed E-state index contributed by atoms with van der Waals surface area (Å²) in [6.45, 7) is 1.75. The van der Waals surface area contributed by atoms with E-state index in [1.54, 1.807) is 7.11 Å². The highest BCUT2D eigenvalue weighted by Crippen LogP contribution is 2.31. The first-order chi connectivity index (χ1) is 11.2. The Kier molecular flexibility index (Phi) is 5.21. The van der Waals surface area contributed by atoms with Crippen LogP contribution in [0, 0.1) is 5.92 Å². The maximum absolute atomic E-state index is 12.5. The average Bonchev–Trinajstić information content (AvgIpc) is 3.00. The number of hydrogen-bond donors (Lipinski definition) is 1. The minimum atomic E-state index is 0.232. The largest absolute Gasteiger partial charge is 0.497 e. The van der Waals surface area contributed by atoms with Gasteiger partial charge < -0.3 is 15.4 Å². The van der Waals surface area contributed by atoms with Crippen molar-refractivity contribution >= 4 is 5.91 Å². The van der Waals surface area contributed by atoms with Crippen molar-refractivity contribution in [2.24, 2.45) is 11.7 Å². The number of carbonyl (C=O) groups excluding carboxylic acids is 1. The standard InChI is InChI=1S/C19H28N2O2/c1-23-17-7-5-14(6-8-17)15-9-11-21(12-10-15)19(22)13-16-3-2-4-18(16)20/h5-8,15-16,18H,2-4,9-13,20H2,1H3/t16-,18+/m0/s1. The van der Waals surface area contributed by atoms with Crippen LogP contribution >= 0.6 is 0 Å². The van der Waals surface area contributed by atoms with Crippen LogP contribution in [-0.4, -0.2) is 37.0 Å². The fourth-order valence-electron chi connectivity index (χ4n) is 4.01. The van der Waals surface area contributed by atoms with Crippen LogP contribution in [0.25, 0.3) is 0 Å². The Labute approximate surface area is 139 Å².